The number of nitrogens with zero attached hydrogens (tertiary/aromatic N) is 2. The molecule has 1 aromatic heterocycles. The third-order valence-corrected chi connectivity index (χ3v) is 4.39. The Morgan fingerprint density at radius 1 is 1.07 bits per heavy atom. The zero-order valence-electron chi connectivity index (χ0n) is 16.8. The minimum absolute atomic E-state index is 0. The summed E-state index contributed by atoms with van der Waals surface area (Å²) in [6.07, 6.45) is 3.84. The smallest absolute Gasteiger partial charge is 0.191 e. The molecule has 3 N–H and O–H groups in total. The summed E-state index contributed by atoms with van der Waals surface area (Å²) in [6.45, 7) is 6.56. The molecule has 0 aliphatic rings. The first kappa shape index (κ1) is 24.1. The van der Waals surface area contributed by atoms with Crippen LogP contribution in [0, 0.1) is 5.82 Å². The Bertz CT molecular complexity index is 722. The van der Waals surface area contributed by atoms with Crippen molar-refractivity contribution in [2.24, 2.45) is 4.99 Å². The maximum atomic E-state index is 13.5. The fourth-order valence-electron chi connectivity index (χ4n) is 2.68. The molecule has 0 unspecified atom stereocenters. The number of aromatic nitrogens is 1. The second-order valence-electron chi connectivity index (χ2n) is 7.10. The third kappa shape index (κ3) is 8.41. The molecule has 28 heavy (non-hydrogen) atoms. The first-order valence-corrected chi connectivity index (χ1v) is 9.37. The Kier molecular flexibility index (Phi) is 10.8. The molecular formula is C21H31FIN5. The molecule has 0 radical (unpaired) electrons. The fraction of sp³-hybridized carbons (Fsp3) is 0.429. The Labute approximate surface area is 184 Å². The fourth-order valence-corrected chi connectivity index (χ4v) is 2.68. The van der Waals surface area contributed by atoms with E-state index in [0.717, 1.165) is 43.3 Å². The normalized spacial score (nSPS) is 11.5. The molecule has 2 aromatic rings. The Hall–Kier alpha value is -1.90. The van der Waals surface area contributed by atoms with E-state index >= 15 is 0 Å². The molecule has 0 aliphatic heterocycles. The van der Waals surface area contributed by atoms with Gasteiger partial charge in [0.15, 0.2) is 5.96 Å². The van der Waals surface area contributed by atoms with Gasteiger partial charge in [-0.1, -0.05) is 32.0 Å². The lowest BCUT2D eigenvalue weighted by Crippen LogP contribution is -2.43. The minimum atomic E-state index is -0.206. The number of hydrogen-bond acceptors (Lipinski definition) is 3. The summed E-state index contributed by atoms with van der Waals surface area (Å²) in [6, 6.07) is 12.6. The van der Waals surface area contributed by atoms with E-state index in [0.29, 0.717) is 6.54 Å². The van der Waals surface area contributed by atoms with E-state index in [4.69, 9.17) is 0 Å². The highest BCUT2D eigenvalue weighted by Crippen LogP contribution is 2.22. The average molecular weight is 499 g/mol. The van der Waals surface area contributed by atoms with E-state index in [2.05, 4.69) is 39.8 Å². The molecule has 0 saturated heterocycles. The number of hydrogen-bond donors (Lipinski definition) is 3. The Morgan fingerprint density at radius 2 is 1.86 bits per heavy atom. The van der Waals surface area contributed by atoms with Crippen molar-refractivity contribution in [2.45, 2.75) is 32.1 Å². The van der Waals surface area contributed by atoms with Gasteiger partial charge in [0, 0.05) is 38.3 Å². The minimum Gasteiger partial charge on any atom is -0.370 e. The van der Waals surface area contributed by atoms with Crippen LogP contribution >= 0.6 is 24.0 Å². The van der Waals surface area contributed by atoms with E-state index in [-0.39, 0.29) is 35.2 Å². The number of nitrogens with one attached hydrogen (secondary N) is 3. The topological polar surface area (TPSA) is 61.3 Å². The largest absolute Gasteiger partial charge is 0.370 e. The van der Waals surface area contributed by atoms with Crippen molar-refractivity contribution in [3.63, 3.8) is 0 Å². The van der Waals surface area contributed by atoms with Crippen molar-refractivity contribution in [1.29, 1.82) is 0 Å². The van der Waals surface area contributed by atoms with Gasteiger partial charge >= 0.3 is 0 Å². The maximum Gasteiger partial charge on any atom is 0.191 e. The van der Waals surface area contributed by atoms with E-state index in [1.807, 2.05) is 24.3 Å². The van der Waals surface area contributed by atoms with Gasteiger partial charge in [0.2, 0.25) is 0 Å². The van der Waals surface area contributed by atoms with Crippen LogP contribution in [-0.4, -0.2) is 37.6 Å². The molecule has 0 spiro atoms. The van der Waals surface area contributed by atoms with Crippen LogP contribution in [0.3, 0.4) is 0 Å². The summed E-state index contributed by atoms with van der Waals surface area (Å²) in [5.74, 6) is 1.46. The molecule has 154 valence electrons. The monoisotopic (exact) mass is 499 g/mol. The second kappa shape index (κ2) is 12.5. The number of rotatable bonds is 9. The SMILES string of the molecule is CN=C(NCCCCNc1ccccn1)NCC(C)(C)c1cccc(F)c1.I. The number of anilines is 1. The zero-order valence-corrected chi connectivity index (χ0v) is 19.2. The molecule has 1 heterocycles. The number of guanidine groups is 1. The van der Waals surface area contributed by atoms with Gasteiger partial charge in [-0.15, -0.1) is 24.0 Å². The lowest BCUT2D eigenvalue weighted by Gasteiger charge is -2.27. The van der Waals surface area contributed by atoms with Crippen LogP contribution in [0.25, 0.3) is 0 Å². The molecule has 0 fully saturated rings. The second-order valence-corrected chi connectivity index (χ2v) is 7.10. The lowest BCUT2D eigenvalue weighted by molar-refractivity contribution is 0.503. The third-order valence-electron chi connectivity index (χ3n) is 4.39. The van der Waals surface area contributed by atoms with Crippen LogP contribution in [0.5, 0.6) is 0 Å². The van der Waals surface area contributed by atoms with Crippen LogP contribution in [0.2, 0.25) is 0 Å². The van der Waals surface area contributed by atoms with Gasteiger partial charge in [0.25, 0.3) is 0 Å². The standard InChI is InChI=1S/C21H30FN5.HI/c1-21(2,17-9-8-10-18(22)15-17)16-27-20(23-3)26-14-7-6-13-25-19-11-4-5-12-24-19;/h4-5,8-12,15H,6-7,13-14,16H2,1-3H3,(H,24,25)(H2,23,26,27);1H. The van der Waals surface area contributed by atoms with Crippen molar-refractivity contribution in [3.8, 4) is 0 Å². The highest BCUT2D eigenvalue weighted by Gasteiger charge is 2.21. The average Bonchev–Trinajstić information content (AvgIpc) is 2.67. The van der Waals surface area contributed by atoms with Gasteiger partial charge in [-0.3, -0.25) is 4.99 Å². The van der Waals surface area contributed by atoms with Gasteiger partial charge in [0.05, 0.1) is 0 Å². The number of halogens is 2. The number of unbranched alkanes of at least 4 members (excludes halogenated alkanes) is 1. The van der Waals surface area contributed by atoms with E-state index < -0.39 is 0 Å². The predicted octanol–water partition coefficient (Wildman–Crippen LogP) is 4.17. The van der Waals surface area contributed by atoms with Gasteiger partial charge in [0.1, 0.15) is 11.6 Å². The van der Waals surface area contributed by atoms with Crippen molar-refractivity contribution in [2.75, 3.05) is 32.0 Å². The van der Waals surface area contributed by atoms with Gasteiger partial charge in [-0.05, 0) is 42.7 Å². The van der Waals surface area contributed by atoms with Crippen LogP contribution in [0.15, 0.2) is 53.7 Å². The maximum absolute atomic E-state index is 13.5. The van der Waals surface area contributed by atoms with Crippen LogP contribution in [-0.2, 0) is 5.41 Å². The summed E-state index contributed by atoms with van der Waals surface area (Å²) >= 11 is 0. The highest BCUT2D eigenvalue weighted by atomic mass is 127. The number of aliphatic imine (C=N–C) groups is 1. The highest BCUT2D eigenvalue weighted by molar-refractivity contribution is 14.0. The van der Waals surface area contributed by atoms with Gasteiger partial charge < -0.3 is 16.0 Å². The van der Waals surface area contributed by atoms with E-state index in [1.54, 1.807) is 25.4 Å². The van der Waals surface area contributed by atoms with Gasteiger partial charge in [-0.2, -0.15) is 0 Å². The molecule has 0 bridgehead atoms. The molecule has 7 heteroatoms. The van der Waals surface area contributed by atoms with E-state index in [9.17, 15) is 4.39 Å². The van der Waals surface area contributed by atoms with Crippen LogP contribution < -0.4 is 16.0 Å². The quantitative estimate of drug-likeness (QED) is 0.210. The molecule has 0 atom stereocenters. The zero-order chi connectivity index (χ0) is 19.5. The summed E-state index contributed by atoms with van der Waals surface area (Å²) < 4.78 is 13.5. The van der Waals surface area contributed by atoms with Gasteiger partial charge in [-0.25, -0.2) is 9.37 Å². The van der Waals surface area contributed by atoms with Crippen LogP contribution in [0.4, 0.5) is 10.2 Å². The molecule has 0 amide bonds. The molecule has 2 rings (SSSR count). The molecule has 1 aromatic carbocycles. The van der Waals surface area contributed by atoms with Crippen molar-refractivity contribution < 1.29 is 4.39 Å². The lowest BCUT2D eigenvalue weighted by atomic mass is 9.84. The molecule has 5 nitrogen and oxygen atoms in total. The van der Waals surface area contributed by atoms with Crippen LogP contribution in [0.1, 0.15) is 32.3 Å². The first-order valence-electron chi connectivity index (χ1n) is 9.37. The van der Waals surface area contributed by atoms with Crippen molar-refractivity contribution >= 4 is 35.8 Å². The van der Waals surface area contributed by atoms with E-state index in [1.165, 1.54) is 6.07 Å². The van der Waals surface area contributed by atoms with Crippen molar-refractivity contribution in [1.82, 2.24) is 15.6 Å². The summed E-state index contributed by atoms with van der Waals surface area (Å²) in [4.78, 5) is 8.50. The molecule has 0 saturated carbocycles. The summed E-state index contributed by atoms with van der Waals surface area (Å²) in [5, 5.41) is 9.96. The predicted molar refractivity (Wildman–Crippen MR) is 126 cm³/mol. The first-order chi connectivity index (χ1) is 13.0. The molecular weight excluding hydrogens is 468 g/mol. The molecule has 0 aliphatic carbocycles. The summed E-state index contributed by atoms with van der Waals surface area (Å²) in [7, 11) is 1.76. The van der Waals surface area contributed by atoms with Crippen molar-refractivity contribution in [3.05, 3.63) is 60.0 Å². The Morgan fingerprint density at radius 3 is 2.54 bits per heavy atom. The summed E-state index contributed by atoms with van der Waals surface area (Å²) in [5.41, 5.74) is 0.762. The number of benzene rings is 1. The number of pyridine rings is 1. The Balaban J connectivity index is 0.00000392.